The molecule has 3 aliphatic rings. The van der Waals surface area contributed by atoms with E-state index in [1.807, 2.05) is 40.7 Å². The molecule has 244 valence electrons. The number of alkyl carbamates (subject to hydrolysis) is 1. The molecule has 0 radical (unpaired) electrons. The molecule has 3 N–H and O–H groups in total. The second-order valence-corrected chi connectivity index (χ2v) is 12.9. The number of H-pyrrole nitrogens is 1. The van der Waals surface area contributed by atoms with Crippen molar-refractivity contribution in [3.05, 3.63) is 47.8 Å². The van der Waals surface area contributed by atoms with Gasteiger partial charge in [0.2, 0.25) is 0 Å². The van der Waals surface area contributed by atoms with E-state index in [-0.39, 0.29) is 23.8 Å². The summed E-state index contributed by atoms with van der Waals surface area (Å²) in [6.07, 6.45) is 3.62. The highest BCUT2D eigenvalue weighted by Crippen LogP contribution is 2.53. The first-order valence-electron chi connectivity index (χ1n) is 15.5. The van der Waals surface area contributed by atoms with Crippen molar-refractivity contribution in [1.82, 2.24) is 10.3 Å². The minimum absolute atomic E-state index is 0.110. The predicted molar refractivity (Wildman–Crippen MR) is 162 cm³/mol. The number of aromatic nitrogens is 1. The van der Waals surface area contributed by atoms with Gasteiger partial charge < -0.3 is 39.1 Å². The van der Waals surface area contributed by atoms with Crippen molar-refractivity contribution in [2.45, 2.75) is 110 Å². The average Bonchev–Trinajstić information content (AvgIpc) is 3.60. The third kappa shape index (κ3) is 7.05. The van der Waals surface area contributed by atoms with Gasteiger partial charge >= 0.3 is 18.0 Å². The number of aromatic amines is 1. The monoisotopic (exact) mass is 616 g/mol. The maximum Gasteiger partial charge on any atom is 0.407 e. The first-order valence-corrected chi connectivity index (χ1v) is 15.5. The van der Waals surface area contributed by atoms with Crippen LogP contribution in [0.25, 0.3) is 0 Å². The van der Waals surface area contributed by atoms with Crippen molar-refractivity contribution in [1.29, 1.82) is 0 Å². The minimum atomic E-state index is -0.893. The molecule has 1 saturated heterocycles. The van der Waals surface area contributed by atoms with Crippen LogP contribution in [0.1, 0.15) is 71.8 Å². The number of cyclic esters (lactones) is 1. The molecule has 11 nitrogen and oxygen atoms in total. The Morgan fingerprint density at radius 3 is 2.48 bits per heavy atom. The van der Waals surface area contributed by atoms with Crippen molar-refractivity contribution in [3.63, 3.8) is 0 Å². The predicted octanol–water partition coefficient (Wildman–Crippen LogP) is 4.32. The fourth-order valence-corrected chi connectivity index (χ4v) is 6.71. The van der Waals surface area contributed by atoms with E-state index in [1.165, 1.54) is 7.11 Å². The lowest BCUT2D eigenvalue weighted by Crippen LogP contribution is -2.48. The van der Waals surface area contributed by atoms with Crippen LogP contribution >= 0.6 is 0 Å². The Balaban J connectivity index is 1.69. The van der Waals surface area contributed by atoms with Crippen molar-refractivity contribution < 1.29 is 43.2 Å². The summed E-state index contributed by atoms with van der Waals surface area (Å²) in [7, 11) is 1.47. The molecule has 4 rings (SSSR count). The number of hydrogen-bond donors (Lipinski definition) is 3. The third-order valence-corrected chi connectivity index (χ3v) is 9.29. The summed E-state index contributed by atoms with van der Waals surface area (Å²) < 4.78 is 30.3. The molecule has 1 aromatic heterocycles. The summed E-state index contributed by atoms with van der Waals surface area (Å²) in [5.74, 6) is -2.20. The third-order valence-electron chi connectivity index (χ3n) is 9.29. The highest BCUT2D eigenvalue weighted by Gasteiger charge is 2.57. The van der Waals surface area contributed by atoms with Gasteiger partial charge in [-0.2, -0.15) is 0 Å². The first kappa shape index (κ1) is 33.7. The number of carbonyl (C=O) groups excluding carboxylic acids is 3. The fraction of sp³-hybridized carbons (Fsp3) is 0.667. The molecule has 2 bridgehead atoms. The Morgan fingerprint density at radius 2 is 1.86 bits per heavy atom. The average molecular weight is 617 g/mol. The molecule has 0 aromatic carbocycles. The topological polar surface area (TPSA) is 145 Å². The van der Waals surface area contributed by atoms with Gasteiger partial charge in [0.1, 0.15) is 30.1 Å². The Kier molecular flexibility index (Phi) is 10.6. The molecule has 11 heteroatoms. The number of aliphatic hydroxyl groups is 1. The van der Waals surface area contributed by atoms with E-state index in [1.54, 1.807) is 32.2 Å². The van der Waals surface area contributed by atoms with Crippen LogP contribution < -0.4 is 5.32 Å². The SMILES string of the molecule is CO[C@H]1C[C@H]2C=C[C@@H]3C[C@]2(O[C@H]3[C@H](OC(=O)c2ccc[nH]2)[C@H](C)[C@H](C)O)/C(C)=C/[C@@H](C)[C@@H]([C@@H](C)OC(=O)NC(C)C)OC1=O. The van der Waals surface area contributed by atoms with Crippen LogP contribution in [0.3, 0.4) is 0 Å². The van der Waals surface area contributed by atoms with E-state index >= 15 is 0 Å². The number of methoxy groups -OCH3 is 1. The summed E-state index contributed by atoms with van der Waals surface area (Å²) >= 11 is 0. The zero-order chi connectivity index (χ0) is 32.3. The molecule has 1 aliphatic carbocycles. The van der Waals surface area contributed by atoms with Crippen molar-refractivity contribution in [2.75, 3.05) is 7.11 Å². The van der Waals surface area contributed by atoms with Gasteiger partial charge in [0.15, 0.2) is 6.10 Å². The lowest BCUT2D eigenvalue weighted by molar-refractivity contribution is -0.172. The van der Waals surface area contributed by atoms with Gasteiger partial charge in [-0.25, -0.2) is 14.4 Å². The molecule has 1 amide bonds. The van der Waals surface area contributed by atoms with Crippen LogP contribution in [0.4, 0.5) is 4.79 Å². The highest BCUT2D eigenvalue weighted by molar-refractivity contribution is 5.87. The van der Waals surface area contributed by atoms with E-state index in [0.717, 1.165) is 5.57 Å². The zero-order valence-electron chi connectivity index (χ0n) is 26.9. The van der Waals surface area contributed by atoms with Gasteiger partial charge in [0, 0.05) is 43.0 Å². The number of fused-ring (bicyclic) bond motifs is 1. The van der Waals surface area contributed by atoms with Crippen LogP contribution in [0, 0.1) is 23.7 Å². The summed E-state index contributed by atoms with van der Waals surface area (Å²) in [6.45, 7) is 12.8. The van der Waals surface area contributed by atoms with Gasteiger partial charge in [0.05, 0.1) is 11.7 Å². The Bertz CT molecular complexity index is 1230. The van der Waals surface area contributed by atoms with Crippen molar-refractivity contribution in [2.24, 2.45) is 23.7 Å². The largest absolute Gasteiger partial charge is 0.456 e. The number of amides is 1. The number of rotatable bonds is 9. The van der Waals surface area contributed by atoms with Gasteiger partial charge in [-0.05, 0) is 65.2 Å². The van der Waals surface area contributed by atoms with E-state index < -0.39 is 66.2 Å². The number of ether oxygens (including phenoxy) is 5. The van der Waals surface area contributed by atoms with Crippen LogP contribution in [-0.2, 0) is 28.5 Å². The Hall–Kier alpha value is -3.15. The summed E-state index contributed by atoms with van der Waals surface area (Å²) in [4.78, 5) is 41.8. The van der Waals surface area contributed by atoms with Crippen LogP contribution in [0.15, 0.2) is 42.1 Å². The normalized spacial score (nSPS) is 34.0. The lowest BCUT2D eigenvalue weighted by atomic mass is 9.69. The summed E-state index contributed by atoms with van der Waals surface area (Å²) in [5, 5.41) is 13.3. The van der Waals surface area contributed by atoms with E-state index in [0.29, 0.717) is 18.5 Å². The number of esters is 2. The maximum absolute atomic E-state index is 13.4. The van der Waals surface area contributed by atoms with Gasteiger partial charge in [-0.15, -0.1) is 0 Å². The van der Waals surface area contributed by atoms with E-state index in [9.17, 15) is 19.5 Å². The smallest absolute Gasteiger partial charge is 0.407 e. The van der Waals surface area contributed by atoms with E-state index in [4.69, 9.17) is 23.7 Å². The molecule has 1 spiro atoms. The number of aliphatic hydroxyl groups excluding tert-OH is 1. The Morgan fingerprint density at radius 1 is 1.14 bits per heavy atom. The standard InChI is InChI=1S/C33H48N2O9/c1-17(2)35-32(39)41-22(7)27-18(3)14-19(4)33-16-23(11-12-24(33)15-26(40-8)31(38)42-27)29(44-33)28(20(5)21(6)36)43-30(37)25-10-9-13-34-25/h9-14,17-18,20-24,26-29,34,36H,15-16H2,1-8H3,(H,35,39)/b19-14+/t18-,20-,21+,22-,23-,24-,26+,27+,28-,29-,33+/m1/s1. The van der Waals surface area contributed by atoms with Crippen LogP contribution in [0.5, 0.6) is 0 Å². The van der Waals surface area contributed by atoms with E-state index in [2.05, 4.69) is 22.5 Å². The summed E-state index contributed by atoms with van der Waals surface area (Å²) in [6, 6.07) is 3.25. The van der Waals surface area contributed by atoms with Crippen molar-refractivity contribution in [3.8, 4) is 0 Å². The number of nitrogens with one attached hydrogen (secondary N) is 2. The molecule has 0 saturated carbocycles. The molecule has 1 fully saturated rings. The zero-order valence-corrected chi connectivity index (χ0v) is 26.9. The number of carbonyl (C=O) groups is 3. The van der Waals surface area contributed by atoms with Gasteiger partial charge in [-0.1, -0.05) is 32.1 Å². The molecule has 44 heavy (non-hydrogen) atoms. The highest BCUT2D eigenvalue weighted by atomic mass is 16.6. The maximum atomic E-state index is 13.4. The number of hydrogen-bond acceptors (Lipinski definition) is 9. The quantitative estimate of drug-likeness (QED) is 0.210. The second-order valence-electron chi connectivity index (χ2n) is 12.9. The van der Waals surface area contributed by atoms with Gasteiger partial charge in [0.25, 0.3) is 0 Å². The fourth-order valence-electron chi connectivity index (χ4n) is 6.71. The molecule has 3 heterocycles. The van der Waals surface area contributed by atoms with Crippen molar-refractivity contribution >= 4 is 18.0 Å². The molecule has 1 aromatic rings. The molecular weight excluding hydrogens is 568 g/mol. The van der Waals surface area contributed by atoms with Gasteiger partial charge in [-0.3, -0.25) is 0 Å². The minimum Gasteiger partial charge on any atom is -0.456 e. The lowest BCUT2D eigenvalue weighted by Gasteiger charge is -2.41. The second kappa shape index (κ2) is 13.9. The van der Waals surface area contributed by atoms with Crippen LogP contribution in [-0.4, -0.2) is 83.5 Å². The first-order chi connectivity index (χ1) is 20.8. The molecule has 11 atom stereocenters. The van der Waals surface area contributed by atoms with Crippen LogP contribution in [0.2, 0.25) is 0 Å². The molecular formula is C33H48N2O9. The summed E-state index contributed by atoms with van der Waals surface area (Å²) in [5.41, 5.74) is 0.420. The Labute approximate surface area is 259 Å². The molecule has 2 aliphatic heterocycles. The molecule has 0 unspecified atom stereocenters.